The largest absolute Gasteiger partial charge is 0.542 e. The number of aromatic carboxylic acids is 1. The van der Waals surface area contributed by atoms with E-state index >= 15 is 0 Å². The molecule has 1 heterocycles. The molecule has 0 aliphatic rings. The summed E-state index contributed by atoms with van der Waals surface area (Å²) in [6.45, 7) is 1.60. The Hall–Kier alpha value is -1.87. The molecule has 0 saturated carbocycles. The van der Waals surface area contributed by atoms with Crippen molar-refractivity contribution in [2.24, 2.45) is 0 Å². The maximum atomic E-state index is 10.5. The number of nitrogens with zero attached hydrogens (tertiary/aromatic N) is 1. The van der Waals surface area contributed by atoms with Crippen LogP contribution in [0.1, 0.15) is 22.4 Å². The molecule has 6 heteroatoms. The molecular weight excluding hydrogens is 216 g/mol. The van der Waals surface area contributed by atoms with E-state index in [1.165, 1.54) is 12.3 Å². The van der Waals surface area contributed by atoms with Gasteiger partial charge in [-0.25, -0.2) is 4.98 Å². The summed E-state index contributed by atoms with van der Waals surface area (Å²) in [7, 11) is 0. The second-order valence-corrected chi connectivity index (χ2v) is 3.39. The third-order valence-electron chi connectivity index (χ3n) is 1.32. The molecule has 1 rings (SSSR count). The minimum Gasteiger partial charge on any atom is -0.542 e. The molecule has 1 N–H and O–H groups in total. The molecule has 0 fully saturated rings. The first-order chi connectivity index (χ1) is 7.09. The zero-order chi connectivity index (χ0) is 11.3. The number of amides is 1. The van der Waals surface area contributed by atoms with Crippen LogP contribution in [0, 0.1) is 11.8 Å². The Morgan fingerprint density at radius 2 is 2.40 bits per heavy atom. The van der Waals surface area contributed by atoms with E-state index in [9.17, 15) is 14.7 Å². The minimum absolute atomic E-state index is 0.0983. The monoisotopic (exact) mass is 223 g/mol. The lowest BCUT2D eigenvalue weighted by atomic mass is 10.4. The number of hydrogen-bond donors (Lipinski definition) is 1. The summed E-state index contributed by atoms with van der Waals surface area (Å²) in [5.41, 5.74) is 0.365. The Labute approximate surface area is 90.1 Å². The molecule has 78 valence electrons. The zero-order valence-electron chi connectivity index (χ0n) is 7.86. The molecule has 0 aromatic carbocycles. The summed E-state index contributed by atoms with van der Waals surface area (Å²) < 4.78 is 0. The molecule has 1 amide bonds. The highest BCUT2D eigenvalue weighted by atomic mass is 32.1. The van der Waals surface area contributed by atoms with Gasteiger partial charge in [0.1, 0.15) is 16.7 Å². The standard InChI is InChI=1S/C9H8N2O3S/c1-6(12)10-4-2-3-7-5-15-8(11-7)9(13)14/h5H,4H2,1H3,(H,10,12)(H,13,14)/p-1. The SMILES string of the molecule is CC(=O)NCC#Cc1csc(C(=O)[O-])n1. The van der Waals surface area contributed by atoms with Gasteiger partial charge in [0.2, 0.25) is 5.91 Å². The minimum atomic E-state index is -1.31. The maximum absolute atomic E-state index is 10.5. The molecular formula is C9H7N2O3S-. The van der Waals surface area contributed by atoms with Gasteiger partial charge in [-0.1, -0.05) is 5.92 Å². The summed E-state index contributed by atoms with van der Waals surface area (Å²) in [6.07, 6.45) is 0. The van der Waals surface area contributed by atoms with Crippen molar-refractivity contribution in [2.45, 2.75) is 6.92 Å². The predicted molar refractivity (Wildman–Crippen MR) is 52.0 cm³/mol. The van der Waals surface area contributed by atoms with Crippen LogP contribution in [-0.4, -0.2) is 23.4 Å². The van der Waals surface area contributed by atoms with Gasteiger partial charge in [0.05, 0.1) is 6.54 Å². The van der Waals surface area contributed by atoms with Crippen LogP contribution < -0.4 is 10.4 Å². The highest BCUT2D eigenvalue weighted by Crippen LogP contribution is 2.06. The lowest BCUT2D eigenvalue weighted by Crippen LogP contribution is -2.21. The predicted octanol–water partition coefficient (Wildman–Crippen LogP) is -1.01. The van der Waals surface area contributed by atoms with Crippen LogP contribution in [0.3, 0.4) is 0 Å². The molecule has 0 aliphatic heterocycles. The van der Waals surface area contributed by atoms with Crippen LogP contribution in [0.15, 0.2) is 5.38 Å². The molecule has 5 nitrogen and oxygen atoms in total. The summed E-state index contributed by atoms with van der Waals surface area (Å²) in [5.74, 6) is 3.77. The third-order valence-corrected chi connectivity index (χ3v) is 2.14. The molecule has 0 spiro atoms. The van der Waals surface area contributed by atoms with Gasteiger partial charge in [0, 0.05) is 12.3 Å². The number of carboxylic acid groups (broad SMARTS) is 1. The van der Waals surface area contributed by atoms with E-state index in [0.29, 0.717) is 5.69 Å². The highest BCUT2D eigenvalue weighted by molar-refractivity contribution is 7.11. The first-order valence-electron chi connectivity index (χ1n) is 4.00. The van der Waals surface area contributed by atoms with Crippen LogP contribution in [0.5, 0.6) is 0 Å². The van der Waals surface area contributed by atoms with Crippen molar-refractivity contribution < 1.29 is 14.7 Å². The van der Waals surface area contributed by atoms with Gasteiger partial charge < -0.3 is 15.2 Å². The number of carbonyl (C=O) groups is 2. The van der Waals surface area contributed by atoms with E-state index < -0.39 is 5.97 Å². The Morgan fingerprint density at radius 1 is 1.67 bits per heavy atom. The fourth-order valence-electron chi connectivity index (χ4n) is 0.728. The number of thiazole rings is 1. The van der Waals surface area contributed by atoms with E-state index in [1.54, 1.807) is 0 Å². The Morgan fingerprint density at radius 3 is 2.93 bits per heavy atom. The lowest BCUT2D eigenvalue weighted by molar-refractivity contribution is -0.255. The van der Waals surface area contributed by atoms with Gasteiger partial charge in [-0.15, -0.1) is 11.3 Å². The van der Waals surface area contributed by atoms with Crippen LogP contribution in [0.4, 0.5) is 0 Å². The molecule has 0 aliphatic carbocycles. The number of rotatable bonds is 2. The van der Waals surface area contributed by atoms with E-state index in [1.807, 2.05) is 0 Å². The van der Waals surface area contributed by atoms with Gasteiger partial charge in [0.25, 0.3) is 0 Å². The van der Waals surface area contributed by atoms with Crippen molar-refractivity contribution in [1.29, 1.82) is 0 Å². The topological polar surface area (TPSA) is 82.1 Å². The van der Waals surface area contributed by atoms with Crippen molar-refractivity contribution in [1.82, 2.24) is 10.3 Å². The van der Waals surface area contributed by atoms with Gasteiger partial charge in [-0.3, -0.25) is 4.79 Å². The normalized spacial score (nSPS) is 8.87. The number of carboxylic acids is 1. The van der Waals surface area contributed by atoms with Crippen LogP contribution in [-0.2, 0) is 4.79 Å². The fourth-order valence-corrected chi connectivity index (χ4v) is 1.31. The van der Waals surface area contributed by atoms with E-state index in [2.05, 4.69) is 22.1 Å². The number of hydrogen-bond acceptors (Lipinski definition) is 5. The molecule has 0 saturated heterocycles. The average molecular weight is 223 g/mol. The van der Waals surface area contributed by atoms with E-state index in [0.717, 1.165) is 11.3 Å². The quantitative estimate of drug-likeness (QED) is 0.651. The van der Waals surface area contributed by atoms with Gasteiger partial charge >= 0.3 is 0 Å². The van der Waals surface area contributed by atoms with Crippen LogP contribution >= 0.6 is 11.3 Å². The Balaban J connectivity index is 2.56. The van der Waals surface area contributed by atoms with Gasteiger partial charge in [-0.05, 0) is 5.92 Å². The fraction of sp³-hybridized carbons (Fsp3) is 0.222. The summed E-state index contributed by atoms with van der Waals surface area (Å²) in [6, 6.07) is 0. The van der Waals surface area contributed by atoms with E-state index in [-0.39, 0.29) is 17.5 Å². The number of nitrogens with one attached hydrogen (secondary N) is 1. The van der Waals surface area contributed by atoms with E-state index in [4.69, 9.17) is 0 Å². The lowest BCUT2D eigenvalue weighted by Gasteiger charge is -1.91. The average Bonchev–Trinajstić information content (AvgIpc) is 2.60. The molecule has 0 radical (unpaired) electrons. The Kier molecular flexibility index (Phi) is 3.83. The highest BCUT2D eigenvalue weighted by Gasteiger charge is 1.98. The molecule has 15 heavy (non-hydrogen) atoms. The Bertz CT molecular complexity index is 442. The second-order valence-electron chi connectivity index (χ2n) is 2.54. The zero-order valence-corrected chi connectivity index (χ0v) is 8.68. The molecule has 1 aromatic heterocycles. The summed E-state index contributed by atoms with van der Waals surface area (Å²) in [4.78, 5) is 24.5. The first kappa shape index (κ1) is 11.2. The van der Waals surface area contributed by atoms with Crippen molar-refractivity contribution in [3.05, 3.63) is 16.1 Å². The molecule has 0 atom stereocenters. The van der Waals surface area contributed by atoms with Crippen LogP contribution in [0.25, 0.3) is 0 Å². The third kappa shape index (κ3) is 3.79. The first-order valence-corrected chi connectivity index (χ1v) is 4.87. The second kappa shape index (κ2) is 5.12. The smallest absolute Gasteiger partial charge is 0.217 e. The van der Waals surface area contributed by atoms with Crippen molar-refractivity contribution in [3.8, 4) is 11.8 Å². The van der Waals surface area contributed by atoms with Crippen molar-refractivity contribution >= 4 is 23.2 Å². The molecule has 0 bridgehead atoms. The number of aromatic nitrogens is 1. The molecule has 1 aromatic rings. The maximum Gasteiger partial charge on any atom is 0.217 e. The van der Waals surface area contributed by atoms with Crippen molar-refractivity contribution in [3.63, 3.8) is 0 Å². The van der Waals surface area contributed by atoms with Gasteiger partial charge in [0.15, 0.2) is 0 Å². The van der Waals surface area contributed by atoms with Crippen LogP contribution in [0.2, 0.25) is 0 Å². The van der Waals surface area contributed by atoms with Gasteiger partial charge in [-0.2, -0.15) is 0 Å². The van der Waals surface area contributed by atoms with Crippen molar-refractivity contribution in [2.75, 3.05) is 6.54 Å². The summed E-state index contributed by atoms with van der Waals surface area (Å²) in [5, 5.41) is 14.3. The molecule has 0 unspecified atom stereocenters. The number of carbonyl (C=O) groups excluding carboxylic acids is 2. The summed E-state index contributed by atoms with van der Waals surface area (Å²) >= 11 is 0.959.